The summed E-state index contributed by atoms with van der Waals surface area (Å²) in [7, 11) is 1.68. The minimum Gasteiger partial charge on any atom is -0.497 e. The van der Waals surface area contributed by atoms with Gasteiger partial charge in [0.25, 0.3) is 0 Å². The van der Waals surface area contributed by atoms with Crippen LogP contribution in [0.2, 0.25) is 0 Å². The minimum atomic E-state index is 0.185. The van der Waals surface area contributed by atoms with Crippen LogP contribution < -0.4 is 10.1 Å². The molecule has 4 heteroatoms. The number of halogens is 1. The molecule has 102 valence electrons. The topological polar surface area (TPSA) is 34.4 Å². The summed E-state index contributed by atoms with van der Waals surface area (Å²) in [5.74, 6) is 1.83. The van der Waals surface area contributed by atoms with Crippen molar-refractivity contribution in [2.24, 2.45) is 0 Å². The molecule has 19 heavy (non-hydrogen) atoms. The standard InChI is InChI=1S/C15H18BrNO2/c1-3-17-13(14-8-9-15(16)19-14)10-11-4-6-12(18-2)7-5-11/h4-9,13,17H,3,10H2,1-2H3. The first kappa shape index (κ1) is 14.2. The van der Waals surface area contributed by atoms with Gasteiger partial charge in [-0.05, 0) is 58.7 Å². The molecule has 1 aromatic carbocycles. The highest BCUT2D eigenvalue weighted by Gasteiger charge is 2.15. The summed E-state index contributed by atoms with van der Waals surface area (Å²) in [5.41, 5.74) is 1.25. The smallest absolute Gasteiger partial charge is 0.169 e. The molecule has 3 nitrogen and oxygen atoms in total. The quantitative estimate of drug-likeness (QED) is 0.874. The Morgan fingerprint density at radius 1 is 1.21 bits per heavy atom. The molecule has 2 rings (SSSR count). The van der Waals surface area contributed by atoms with E-state index in [1.165, 1.54) is 5.56 Å². The Balaban J connectivity index is 2.11. The molecule has 1 unspecified atom stereocenters. The predicted octanol–water partition coefficient (Wildman–Crippen LogP) is 3.94. The summed E-state index contributed by atoms with van der Waals surface area (Å²) in [6.07, 6.45) is 0.887. The zero-order valence-corrected chi connectivity index (χ0v) is 12.7. The van der Waals surface area contributed by atoms with Crippen LogP contribution in [-0.4, -0.2) is 13.7 Å². The Morgan fingerprint density at radius 2 is 1.95 bits per heavy atom. The molecule has 0 amide bonds. The number of hydrogen-bond acceptors (Lipinski definition) is 3. The van der Waals surface area contributed by atoms with Gasteiger partial charge < -0.3 is 14.5 Å². The Labute approximate surface area is 122 Å². The van der Waals surface area contributed by atoms with Gasteiger partial charge in [-0.1, -0.05) is 19.1 Å². The molecule has 0 bridgehead atoms. The van der Waals surface area contributed by atoms with Gasteiger partial charge in [-0.3, -0.25) is 0 Å². The fraction of sp³-hybridized carbons (Fsp3) is 0.333. The van der Waals surface area contributed by atoms with Crippen LogP contribution in [0.15, 0.2) is 45.5 Å². The molecule has 1 atom stereocenters. The molecule has 0 fully saturated rings. The van der Waals surface area contributed by atoms with E-state index in [2.05, 4.69) is 40.3 Å². The third-order valence-electron chi connectivity index (χ3n) is 2.99. The maximum atomic E-state index is 5.64. The molecule has 0 saturated heterocycles. The number of benzene rings is 1. The van der Waals surface area contributed by atoms with E-state index in [1.54, 1.807) is 7.11 Å². The lowest BCUT2D eigenvalue weighted by molar-refractivity contribution is 0.404. The monoisotopic (exact) mass is 323 g/mol. The fourth-order valence-corrected chi connectivity index (χ4v) is 2.35. The van der Waals surface area contributed by atoms with Crippen LogP contribution in [0.5, 0.6) is 5.75 Å². The first-order chi connectivity index (χ1) is 9.22. The van der Waals surface area contributed by atoms with E-state index >= 15 is 0 Å². The zero-order chi connectivity index (χ0) is 13.7. The molecule has 1 N–H and O–H groups in total. The van der Waals surface area contributed by atoms with Crippen molar-refractivity contribution in [1.82, 2.24) is 5.32 Å². The number of ether oxygens (including phenoxy) is 1. The van der Waals surface area contributed by atoms with Crippen molar-refractivity contribution in [3.63, 3.8) is 0 Å². The molecule has 1 heterocycles. The van der Waals surface area contributed by atoms with Crippen LogP contribution in [0.3, 0.4) is 0 Å². The zero-order valence-electron chi connectivity index (χ0n) is 11.2. The normalized spacial score (nSPS) is 12.4. The number of nitrogens with one attached hydrogen (secondary N) is 1. The maximum absolute atomic E-state index is 5.64. The van der Waals surface area contributed by atoms with E-state index in [0.29, 0.717) is 0 Å². The summed E-state index contributed by atoms with van der Waals surface area (Å²) in [4.78, 5) is 0. The fourth-order valence-electron chi connectivity index (χ4n) is 2.03. The molecule has 0 aliphatic heterocycles. The third kappa shape index (κ3) is 3.85. The highest BCUT2D eigenvalue weighted by Crippen LogP contribution is 2.24. The first-order valence-corrected chi connectivity index (χ1v) is 7.13. The third-order valence-corrected chi connectivity index (χ3v) is 3.41. The number of likely N-dealkylation sites (N-methyl/N-ethyl adjacent to an activating group) is 1. The van der Waals surface area contributed by atoms with Crippen LogP contribution in [-0.2, 0) is 6.42 Å². The average molecular weight is 324 g/mol. The predicted molar refractivity (Wildman–Crippen MR) is 79.5 cm³/mol. The van der Waals surface area contributed by atoms with Crippen LogP contribution in [0.1, 0.15) is 24.3 Å². The van der Waals surface area contributed by atoms with Gasteiger partial charge in [0.1, 0.15) is 11.5 Å². The van der Waals surface area contributed by atoms with Crippen molar-refractivity contribution in [3.05, 3.63) is 52.4 Å². The average Bonchev–Trinajstić information content (AvgIpc) is 2.86. The van der Waals surface area contributed by atoms with Gasteiger partial charge in [-0.2, -0.15) is 0 Å². The van der Waals surface area contributed by atoms with Crippen LogP contribution in [0.4, 0.5) is 0 Å². The number of rotatable bonds is 6. The largest absolute Gasteiger partial charge is 0.497 e. The van der Waals surface area contributed by atoms with Gasteiger partial charge in [0.05, 0.1) is 13.2 Å². The summed E-state index contributed by atoms with van der Waals surface area (Å²) >= 11 is 3.34. The van der Waals surface area contributed by atoms with Crippen molar-refractivity contribution >= 4 is 15.9 Å². The second-order valence-electron chi connectivity index (χ2n) is 4.30. The molecule has 0 saturated carbocycles. The Hall–Kier alpha value is -1.26. The van der Waals surface area contributed by atoms with Crippen LogP contribution >= 0.6 is 15.9 Å². The maximum Gasteiger partial charge on any atom is 0.169 e. The molecular formula is C15H18BrNO2. The van der Waals surface area contributed by atoms with Gasteiger partial charge in [0.2, 0.25) is 0 Å². The van der Waals surface area contributed by atoms with E-state index in [1.807, 2.05) is 24.3 Å². The molecule has 2 aromatic rings. The Morgan fingerprint density at radius 3 is 2.47 bits per heavy atom. The van der Waals surface area contributed by atoms with Crippen LogP contribution in [0, 0.1) is 0 Å². The van der Waals surface area contributed by atoms with Crippen molar-refractivity contribution in [2.75, 3.05) is 13.7 Å². The molecule has 0 aliphatic carbocycles. The highest BCUT2D eigenvalue weighted by molar-refractivity contribution is 9.10. The molecule has 0 spiro atoms. The first-order valence-electron chi connectivity index (χ1n) is 6.34. The van der Waals surface area contributed by atoms with E-state index < -0.39 is 0 Å². The van der Waals surface area contributed by atoms with Gasteiger partial charge in [-0.25, -0.2) is 0 Å². The van der Waals surface area contributed by atoms with Crippen molar-refractivity contribution in [1.29, 1.82) is 0 Å². The van der Waals surface area contributed by atoms with E-state index in [0.717, 1.165) is 29.1 Å². The summed E-state index contributed by atoms with van der Waals surface area (Å²) in [6, 6.07) is 12.2. The lowest BCUT2D eigenvalue weighted by atomic mass is 10.0. The van der Waals surface area contributed by atoms with Gasteiger partial charge in [0, 0.05) is 0 Å². The molecule has 1 aromatic heterocycles. The van der Waals surface area contributed by atoms with Gasteiger partial charge >= 0.3 is 0 Å². The number of furan rings is 1. The molecule has 0 radical (unpaired) electrons. The second kappa shape index (κ2) is 6.78. The molecular weight excluding hydrogens is 306 g/mol. The SMILES string of the molecule is CCNC(Cc1ccc(OC)cc1)c1ccc(Br)o1. The summed E-state index contributed by atoms with van der Waals surface area (Å²) in [6.45, 7) is 3.00. The van der Waals surface area contributed by atoms with Crippen LogP contribution in [0.25, 0.3) is 0 Å². The summed E-state index contributed by atoms with van der Waals surface area (Å²) in [5, 5.41) is 3.44. The van der Waals surface area contributed by atoms with E-state index in [4.69, 9.17) is 9.15 Å². The summed E-state index contributed by atoms with van der Waals surface area (Å²) < 4.78 is 11.6. The Bertz CT molecular complexity index is 507. The minimum absolute atomic E-state index is 0.185. The van der Waals surface area contributed by atoms with E-state index in [-0.39, 0.29) is 6.04 Å². The second-order valence-corrected chi connectivity index (χ2v) is 5.09. The van der Waals surface area contributed by atoms with Crippen molar-refractivity contribution < 1.29 is 9.15 Å². The number of methoxy groups -OCH3 is 1. The van der Waals surface area contributed by atoms with Gasteiger partial charge in [-0.15, -0.1) is 0 Å². The van der Waals surface area contributed by atoms with Crippen molar-refractivity contribution in [2.45, 2.75) is 19.4 Å². The highest BCUT2D eigenvalue weighted by atomic mass is 79.9. The van der Waals surface area contributed by atoms with Crippen molar-refractivity contribution in [3.8, 4) is 5.75 Å². The van der Waals surface area contributed by atoms with Gasteiger partial charge in [0.15, 0.2) is 4.67 Å². The Kier molecular flexibility index (Phi) is 5.05. The lowest BCUT2D eigenvalue weighted by Gasteiger charge is -2.15. The molecule has 0 aliphatic rings. The van der Waals surface area contributed by atoms with E-state index in [9.17, 15) is 0 Å². The lowest BCUT2D eigenvalue weighted by Crippen LogP contribution is -2.22. The number of hydrogen-bond donors (Lipinski definition) is 1.